The van der Waals surface area contributed by atoms with Crippen LogP contribution in [0.1, 0.15) is 39.9 Å². The zero-order valence-electron chi connectivity index (χ0n) is 12.3. The summed E-state index contributed by atoms with van der Waals surface area (Å²) in [6, 6.07) is 1.92. The quantitative estimate of drug-likeness (QED) is 0.802. The lowest BCUT2D eigenvalue weighted by atomic mass is 10.1. The number of nitrogens with zero attached hydrogens (tertiary/aromatic N) is 1. The third kappa shape index (κ3) is 3.67. The maximum atomic E-state index is 12.1. The van der Waals surface area contributed by atoms with Crippen LogP contribution in [0.25, 0.3) is 0 Å². The highest BCUT2D eigenvalue weighted by Gasteiger charge is 2.22. The molecule has 1 aromatic rings. The molecule has 1 fully saturated rings. The second kappa shape index (κ2) is 6.50. The summed E-state index contributed by atoms with van der Waals surface area (Å²) in [5, 5.41) is 0. The summed E-state index contributed by atoms with van der Waals surface area (Å²) in [5.41, 5.74) is 0.774. The molecule has 1 aliphatic rings. The van der Waals surface area contributed by atoms with E-state index in [2.05, 4.69) is 0 Å². The van der Waals surface area contributed by atoms with Crippen LogP contribution < -0.4 is 0 Å². The largest absolute Gasteiger partial charge is 0.375 e. The Hall–Kier alpha value is -1.20. The molecule has 0 aliphatic carbocycles. The van der Waals surface area contributed by atoms with Crippen LogP contribution >= 0.6 is 11.3 Å². The third-order valence-corrected chi connectivity index (χ3v) is 4.47. The van der Waals surface area contributed by atoms with Gasteiger partial charge in [0.05, 0.1) is 12.7 Å². The molecule has 0 aromatic carbocycles. The molecule has 2 rings (SSSR count). The van der Waals surface area contributed by atoms with E-state index in [1.54, 1.807) is 16.2 Å². The zero-order valence-corrected chi connectivity index (χ0v) is 13.1. The Bertz CT molecular complexity index is 509. The number of ketones is 1. The number of morpholine rings is 1. The molecule has 0 bridgehead atoms. The number of carbonyl (C=O) groups excluding carboxylic acids is 2. The number of Topliss-reactive ketones (excluding diaryl/α,β-unsaturated/α-hetero) is 1. The van der Waals surface area contributed by atoms with Crippen molar-refractivity contribution < 1.29 is 14.3 Å². The lowest BCUT2D eigenvalue weighted by Gasteiger charge is -2.31. The van der Waals surface area contributed by atoms with Gasteiger partial charge >= 0.3 is 0 Å². The molecule has 1 unspecified atom stereocenters. The first kappa shape index (κ1) is 15.2. The summed E-state index contributed by atoms with van der Waals surface area (Å²) >= 11 is 1.63. The molecule has 110 valence electrons. The third-order valence-electron chi connectivity index (χ3n) is 3.50. The zero-order chi connectivity index (χ0) is 14.7. The van der Waals surface area contributed by atoms with Crippen molar-refractivity contribution in [3.8, 4) is 0 Å². The highest BCUT2D eigenvalue weighted by Crippen LogP contribution is 2.22. The molecular formula is C15H21NO3S. The highest BCUT2D eigenvalue weighted by molar-refractivity contribution is 7.12. The van der Waals surface area contributed by atoms with E-state index in [9.17, 15) is 9.59 Å². The number of hydrogen-bond acceptors (Lipinski definition) is 4. The second-order valence-electron chi connectivity index (χ2n) is 5.27. The maximum absolute atomic E-state index is 12.1. The standard InChI is InChI=1S/C15H21NO3S/c1-10-9-16(6-7-19-10)15(18)5-4-14(17)13-8-11(2)20-12(13)3/h8,10H,4-7,9H2,1-3H3. The van der Waals surface area contributed by atoms with Crippen LogP contribution in [0.15, 0.2) is 6.07 Å². The SMILES string of the molecule is Cc1cc(C(=O)CCC(=O)N2CCOC(C)C2)c(C)s1. The van der Waals surface area contributed by atoms with E-state index in [0.29, 0.717) is 32.5 Å². The van der Waals surface area contributed by atoms with Crippen molar-refractivity contribution in [2.45, 2.75) is 39.7 Å². The lowest BCUT2D eigenvalue weighted by Crippen LogP contribution is -2.44. The van der Waals surface area contributed by atoms with Gasteiger partial charge in [-0.15, -0.1) is 11.3 Å². The van der Waals surface area contributed by atoms with Crippen LogP contribution in [0.3, 0.4) is 0 Å². The van der Waals surface area contributed by atoms with Crippen LogP contribution in [-0.2, 0) is 9.53 Å². The minimum Gasteiger partial charge on any atom is -0.375 e. The smallest absolute Gasteiger partial charge is 0.223 e. The van der Waals surface area contributed by atoms with Crippen molar-refractivity contribution >= 4 is 23.0 Å². The number of thiophene rings is 1. The number of amides is 1. The van der Waals surface area contributed by atoms with Gasteiger partial charge in [0.1, 0.15) is 0 Å². The first-order valence-electron chi connectivity index (χ1n) is 6.97. The van der Waals surface area contributed by atoms with Gasteiger partial charge in [0.15, 0.2) is 5.78 Å². The van der Waals surface area contributed by atoms with Gasteiger partial charge in [-0.05, 0) is 26.8 Å². The molecule has 0 saturated carbocycles. The van der Waals surface area contributed by atoms with E-state index in [1.165, 1.54) is 0 Å². The van der Waals surface area contributed by atoms with E-state index >= 15 is 0 Å². The molecule has 0 radical (unpaired) electrons. The fourth-order valence-electron chi connectivity index (χ4n) is 2.47. The average Bonchev–Trinajstić information content (AvgIpc) is 2.74. The lowest BCUT2D eigenvalue weighted by molar-refractivity contribution is -0.138. The summed E-state index contributed by atoms with van der Waals surface area (Å²) in [7, 11) is 0. The van der Waals surface area contributed by atoms with Gasteiger partial charge in [0, 0.05) is 41.2 Å². The number of aryl methyl sites for hydroxylation is 2. The molecule has 2 heterocycles. The van der Waals surface area contributed by atoms with Gasteiger partial charge in [-0.2, -0.15) is 0 Å². The van der Waals surface area contributed by atoms with Gasteiger partial charge in [0.2, 0.25) is 5.91 Å². The Kier molecular flexibility index (Phi) is 4.94. The summed E-state index contributed by atoms with van der Waals surface area (Å²) < 4.78 is 5.41. The van der Waals surface area contributed by atoms with Crippen molar-refractivity contribution in [2.24, 2.45) is 0 Å². The van der Waals surface area contributed by atoms with Gasteiger partial charge in [-0.3, -0.25) is 9.59 Å². The molecule has 1 amide bonds. The Morgan fingerprint density at radius 2 is 2.15 bits per heavy atom. The molecule has 1 aliphatic heterocycles. The monoisotopic (exact) mass is 295 g/mol. The van der Waals surface area contributed by atoms with Crippen LogP contribution in [0.4, 0.5) is 0 Å². The molecule has 20 heavy (non-hydrogen) atoms. The van der Waals surface area contributed by atoms with Gasteiger partial charge < -0.3 is 9.64 Å². The van der Waals surface area contributed by atoms with Gasteiger partial charge in [-0.25, -0.2) is 0 Å². The van der Waals surface area contributed by atoms with Crippen LogP contribution in [0.2, 0.25) is 0 Å². The number of ether oxygens (including phenoxy) is 1. The van der Waals surface area contributed by atoms with Crippen molar-refractivity contribution in [1.29, 1.82) is 0 Å². The second-order valence-corrected chi connectivity index (χ2v) is 6.73. The van der Waals surface area contributed by atoms with E-state index in [0.717, 1.165) is 15.3 Å². The van der Waals surface area contributed by atoms with Gasteiger partial charge in [-0.1, -0.05) is 0 Å². The Balaban J connectivity index is 1.87. The fraction of sp³-hybridized carbons (Fsp3) is 0.600. The van der Waals surface area contributed by atoms with Crippen molar-refractivity contribution in [1.82, 2.24) is 4.90 Å². The Morgan fingerprint density at radius 1 is 1.40 bits per heavy atom. The minimum absolute atomic E-state index is 0.0538. The fourth-order valence-corrected chi connectivity index (χ4v) is 3.41. The molecule has 5 heteroatoms. The topological polar surface area (TPSA) is 46.6 Å². The molecular weight excluding hydrogens is 274 g/mol. The van der Waals surface area contributed by atoms with E-state index in [4.69, 9.17) is 4.74 Å². The molecule has 0 spiro atoms. The Labute approximate surface area is 123 Å². The Morgan fingerprint density at radius 3 is 2.75 bits per heavy atom. The van der Waals surface area contributed by atoms with Crippen molar-refractivity contribution in [3.63, 3.8) is 0 Å². The minimum atomic E-state index is 0.0538. The molecule has 1 atom stereocenters. The molecule has 1 aromatic heterocycles. The van der Waals surface area contributed by atoms with Crippen molar-refractivity contribution in [3.05, 3.63) is 21.4 Å². The molecule has 4 nitrogen and oxygen atoms in total. The van der Waals surface area contributed by atoms with Crippen molar-refractivity contribution in [2.75, 3.05) is 19.7 Å². The number of rotatable bonds is 4. The normalized spacial score (nSPS) is 19.1. The first-order valence-corrected chi connectivity index (χ1v) is 7.78. The van der Waals surface area contributed by atoms with E-state index in [-0.39, 0.29) is 17.8 Å². The van der Waals surface area contributed by atoms with Crippen LogP contribution in [0, 0.1) is 13.8 Å². The average molecular weight is 295 g/mol. The summed E-state index contributed by atoms with van der Waals surface area (Å²) in [4.78, 5) is 28.2. The maximum Gasteiger partial charge on any atom is 0.223 e. The summed E-state index contributed by atoms with van der Waals surface area (Å²) in [5.74, 6) is 0.125. The summed E-state index contributed by atoms with van der Waals surface area (Å²) in [6.45, 7) is 7.76. The van der Waals surface area contributed by atoms with Crippen LogP contribution in [-0.4, -0.2) is 42.4 Å². The summed E-state index contributed by atoms with van der Waals surface area (Å²) in [6.07, 6.45) is 0.673. The van der Waals surface area contributed by atoms with E-state index < -0.39 is 0 Å². The van der Waals surface area contributed by atoms with Crippen LogP contribution in [0.5, 0.6) is 0 Å². The molecule has 0 N–H and O–H groups in total. The highest BCUT2D eigenvalue weighted by atomic mass is 32.1. The van der Waals surface area contributed by atoms with E-state index in [1.807, 2.05) is 26.8 Å². The number of carbonyl (C=O) groups is 2. The molecule has 1 saturated heterocycles. The first-order chi connectivity index (χ1) is 9.47. The van der Waals surface area contributed by atoms with Gasteiger partial charge in [0.25, 0.3) is 0 Å². The predicted molar refractivity (Wildman–Crippen MR) is 79.4 cm³/mol. The number of hydrogen-bond donors (Lipinski definition) is 0. The predicted octanol–water partition coefficient (Wildman–Crippen LogP) is 2.58.